The highest BCUT2D eigenvalue weighted by Crippen LogP contribution is 2.35. The number of benzene rings is 1. The quantitative estimate of drug-likeness (QED) is 0.622. The minimum Gasteiger partial charge on any atom is -0.472 e. The Kier molecular flexibility index (Phi) is 2.78. The van der Waals surface area contributed by atoms with E-state index in [1.807, 2.05) is 6.92 Å². The fraction of sp³-hybridized carbons (Fsp3) is 0.214. The van der Waals surface area contributed by atoms with Crippen LogP contribution in [0.25, 0.3) is 0 Å². The Balaban J connectivity index is 2.00. The number of hydrogen-bond donors (Lipinski definition) is 0. The van der Waals surface area contributed by atoms with E-state index in [0.29, 0.717) is 12.0 Å². The average Bonchev–Trinajstić information content (AvgIpc) is 3.03. The molecule has 1 unspecified atom stereocenters. The van der Waals surface area contributed by atoms with Crippen LogP contribution in [0.3, 0.4) is 0 Å². The molecule has 0 bridgehead atoms. The van der Waals surface area contributed by atoms with Crippen LogP contribution in [0.1, 0.15) is 22.8 Å². The number of amides is 1. The van der Waals surface area contributed by atoms with Gasteiger partial charge in [-0.25, -0.2) is 0 Å². The number of nitrogens with zero attached hydrogens (tertiary/aromatic N) is 2. The zero-order chi connectivity index (χ0) is 14.3. The molecule has 0 spiro atoms. The Morgan fingerprint density at radius 3 is 2.90 bits per heavy atom. The van der Waals surface area contributed by atoms with Crippen LogP contribution in [-0.4, -0.2) is 16.9 Å². The van der Waals surface area contributed by atoms with Crippen LogP contribution >= 0.6 is 0 Å². The first-order valence-electron chi connectivity index (χ1n) is 6.21. The van der Waals surface area contributed by atoms with E-state index in [2.05, 4.69) is 0 Å². The van der Waals surface area contributed by atoms with Crippen LogP contribution in [0.15, 0.2) is 41.2 Å². The summed E-state index contributed by atoms with van der Waals surface area (Å²) in [6.07, 6.45) is 3.46. The lowest BCUT2D eigenvalue weighted by Gasteiger charge is -2.21. The zero-order valence-electron chi connectivity index (χ0n) is 10.8. The van der Waals surface area contributed by atoms with Crippen molar-refractivity contribution in [1.29, 1.82) is 0 Å². The van der Waals surface area contributed by atoms with E-state index in [1.165, 1.54) is 24.7 Å². The molecule has 3 rings (SSSR count). The van der Waals surface area contributed by atoms with E-state index in [4.69, 9.17) is 4.42 Å². The van der Waals surface area contributed by atoms with Gasteiger partial charge in [-0.15, -0.1) is 0 Å². The Bertz CT molecular complexity index is 678. The molecular formula is C14H12N2O4. The highest BCUT2D eigenvalue weighted by Gasteiger charge is 2.32. The summed E-state index contributed by atoms with van der Waals surface area (Å²) >= 11 is 0. The molecule has 0 saturated heterocycles. The van der Waals surface area contributed by atoms with Crippen LogP contribution in [0.2, 0.25) is 0 Å². The average molecular weight is 272 g/mol. The number of non-ortho nitro benzene ring substituents is 1. The Labute approximate surface area is 114 Å². The molecule has 1 aromatic heterocycles. The van der Waals surface area contributed by atoms with E-state index in [1.54, 1.807) is 17.0 Å². The molecule has 6 nitrogen and oxygen atoms in total. The predicted molar refractivity (Wildman–Crippen MR) is 71.8 cm³/mol. The van der Waals surface area contributed by atoms with Gasteiger partial charge in [-0.2, -0.15) is 0 Å². The molecule has 0 fully saturated rings. The van der Waals surface area contributed by atoms with Crippen molar-refractivity contribution >= 4 is 17.3 Å². The number of rotatable bonds is 2. The first-order chi connectivity index (χ1) is 9.58. The topological polar surface area (TPSA) is 76.6 Å². The third kappa shape index (κ3) is 1.85. The predicted octanol–water partition coefficient (Wildman–Crippen LogP) is 2.78. The van der Waals surface area contributed by atoms with Crippen molar-refractivity contribution in [3.8, 4) is 0 Å². The van der Waals surface area contributed by atoms with Crippen molar-refractivity contribution in [2.24, 2.45) is 0 Å². The molecule has 1 aromatic carbocycles. The Morgan fingerprint density at radius 2 is 2.25 bits per heavy atom. The zero-order valence-corrected chi connectivity index (χ0v) is 10.8. The van der Waals surface area contributed by atoms with E-state index in [0.717, 1.165) is 11.3 Å². The molecule has 1 amide bonds. The van der Waals surface area contributed by atoms with Crippen molar-refractivity contribution in [1.82, 2.24) is 0 Å². The lowest BCUT2D eigenvalue weighted by Crippen LogP contribution is -2.35. The molecule has 6 heteroatoms. The summed E-state index contributed by atoms with van der Waals surface area (Å²) in [7, 11) is 0. The van der Waals surface area contributed by atoms with Gasteiger partial charge in [-0.1, -0.05) is 0 Å². The number of nitro groups is 1. The second-order valence-electron chi connectivity index (χ2n) is 4.81. The van der Waals surface area contributed by atoms with Crippen LogP contribution < -0.4 is 4.90 Å². The number of fused-ring (bicyclic) bond motifs is 1. The standard InChI is InChI=1S/C14H12N2O4/c1-9-6-11-7-12(16(18)19)2-3-13(11)15(9)14(17)10-4-5-20-8-10/h2-5,7-9H,6H2,1H3. The van der Waals surface area contributed by atoms with Crippen molar-refractivity contribution in [2.45, 2.75) is 19.4 Å². The van der Waals surface area contributed by atoms with Crippen molar-refractivity contribution in [3.63, 3.8) is 0 Å². The maximum Gasteiger partial charge on any atom is 0.269 e. The molecule has 2 aromatic rings. The number of anilines is 1. The molecular weight excluding hydrogens is 260 g/mol. The van der Waals surface area contributed by atoms with Gasteiger partial charge in [0.2, 0.25) is 0 Å². The van der Waals surface area contributed by atoms with Crippen LogP contribution in [-0.2, 0) is 6.42 Å². The number of furan rings is 1. The number of hydrogen-bond acceptors (Lipinski definition) is 4. The lowest BCUT2D eigenvalue weighted by molar-refractivity contribution is -0.384. The summed E-state index contributed by atoms with van der Waals surface area (Å²) in [5, 5.41) is 10.8. The maximum absolute atomic E-state index is 12.4. The highest BCUT2D eigenvalue weighted by atomic mass is 16.6. The van der Waals surface area contributed by atoms with E-state index < -0.39 is 4.92 Å². The molecule has 2 heterocycles. The molecule has 102 valence electrons. The highest BCUT2D eigenvalue weighted by molar-refractivity contribution is 6.07. The minimum atomic E-state index is -0.425. The monoisotopic (exact) mass is 272 g/mol. The smallest absolute Gasteiger partial charge is 0.269 e. The largest absolute Gasteiger partial charge is 0.472 e. The Morgan fingerprint density at radius 1 is 1.45 bits per heavy atom. The van der Waals surface area contributed by atoms with Crippen molar-refractivity contribution in [2.75, 3.05) is 4.90 Å². The van der Waals surface area contributed by atoms with Gasteiger partial charge in [0.25, 0.3) is 11.6 Å². The summed E-state index contributed by atoms with van der Waals surface area (Å²) < 4.78 is 4.93. The summed E-state index contributed by atoms with van der Waals surface area (Å²) in [4.78, 5) is 24.5. The second-order valence-corrected chi connectivity index (χ2v) is 4.81. The molecule has 0 saturated carbocycles. The van der Waals surface area contributed by atoms with E-state index in [9.17, 15) is 14.9 Å². The van der Waals surface area contributed by atoms with Gasteiger partial charge < -0.3 is 9.32 Å². The van der Waals surface area contributed by atoms with Crippen molar-refractivity contribution < 1.29 is 14.1 Å². The number of carbonyl (C=O) groups excluding carboxylic acids is 1. The van der Waals surface area contributed by atoms with Crippen LogP contribution in [0, 0.1) is 10.1 Å². The van der Waals surface area contributed by atoms with Crippen molar-refractivity contribution in [3.05, 3.63) is 58.0 Å². The van der Waals surface area contributed by atoms with Gasteiger partial charge in [-0.05, 0) is 31.0 Å². The molecule has 0 aliphatic carbocycles. The SMILES string of the molecule is CC1Cc2cc([N+](=O)[O-])ccc2N1C(=O)c1ccoc1. The molecule has 20 heavy (non-hydrogen) atoms. The summed E-state index contributed by atoms with van der Waals surface area (Å²) in [6.45, 7) is 1.92. The first kappa shape index (κ1) is 12.4. The van der Waals surface area contributed by atoms with Gasteiger partial charge in [0, 0.05) is 23.9 Å². The third-order valence-electron chi connectivity index (χ3n) is 3.48. The van der Waals surface area contributed by atoms with Gasteiger partial charge in [-0.3, -0.25) is 14.9 Å². The summed E-state index contributed by atoms with van der Waals surface area (Å²) in [5.74, 6) is -0.154. The lowest BCUT2D eigenvalue weighted by atomic mass is 10.1. The van der Waals surface area contributed by atoms with Gasteiger partial charge in [0.15, 0.2) is 0 Å². The van der Waals surface area contributed by atoms with Gasteiger partial charge in [0.1, 0.15) is 6.26 Å². The van der Waals surface area contributed by atoms with E-state index >= 15 is 0 Å². The normalized spacial score (nSPS) is 17.1. The summed E-state index contributed by atoms with van der Waals surface area (Å²) in [6, 6.07) is 6.17. The van der Waals surface area contributed by atoms with Gasteiger partial charge >= 0.3 is 0 Å². The van der Waals surface area contributed by atoms with Crippen LogP contribution in [0.4, 0.5) is 11.4 Å². The third-order valence-corrected chi connectivity index (χ3v) is 3.48. The number of nitro benzene ring substituents is 1. The van der Waals surface area contributed by atoms with Gasteiger partial charge in [0.05, 0.1) is 16.7 Å². The molecule has 0 N–H and O–H groups in total. The second kappa shape index (κ2) is 4.48. The van der Waals surface area contributed by atoms with Crippen LogP contribution in [0.5, 0.6) is 0 Å². The molecule has 1 aliphatic rings. The fourth-order valence-corrected chi connectivity index (χ4v) is 2.57. The maximum atomic E-state index is 12.4. The van der Waals surface area contributed by atoms with E-state index in [-0.39, 0.29) is 17.6 Å². The molecule has 0 radical (unpaired) electrons. The molecule has 1 atom stereocenters. The molecule has 1 aliphatic heterocycles. The first-order valence-corrected chi connectivity index (χ1v) is 6.21. The number of carbonyl (C=O) groups is 1. The minimum absolute atomic E-state index is 0.0330. The Hall–Kier alpha value is -2.63. The fourth-order valence-electron chi connectivity index (χ4n) is 2.57. The summed E-state index contributed by atoms with van der Waals surface area (Å²) in [5.41, 5.74) is 2.08.